The number of benzene rings is 4. The minimum Gasteiger partial charge on any atom is -0.494 e. The summed E-state index contributed by atoms with van der Waals surface area (Å²) in [5.41, 5.74) is 2.40. The van der Waals surface area contributed by atoms with E-state index in [1.165, 1.54) is 29.8 Å². The van der Waals surface area contributed by atoms with E-state index in [0.717, 1.165) is 19.3 Å². The first-order valence-electron chi connectivity index (χ1n) is 15.8. The van der Waals surface area contributed by atoms with Crippen molar-refractivity contribution in [3.8, 4) is 11.5 Å². The van der Waals surface area contributed by atoms with Crippen molar-refractivity contribution < 1.29 is 37.4 Å². The molecule has 0 fully saturated rings. The van der Waals surface area contributed by atoms with E-state index in [-0.39, 0.29) is 47.3 Å². The van der Waals surface area contributed by atoms with Gasteiger partial charge in [0.1, 0.15) is 5.75 Å². The highest BCUT2D eigenvalue weighted by Crippen LogP contribution is 2.40. The van der Waals surface area contributed by atoms with E-state index in [4.69, 9.17) is 26.2 Å². The maximum absolute atomic E-state index is 13.3. The van der Waals surface area contributed by atoms with Gasteiger partial charge in [-0.05, 0) is 85.8 Å². The minimum absolute atomic E-state index is 0.0609. The molecule has 3 N–H and O–H groups in total. The molecule has 256 valence electrons. The van der Waals surface area contributed by atoms with Gasteiger partial charge in [0.15, 0.2) is 11.9 Å². The zero-order chi connectivity index (χ0) is 34.8. The fourth-order valence-corrected chi connectivity index (χ4v) is 6.61. The smallest absolute Gasteiger partial charge is 0.303 e. The summed E-state index contributed by atoms with van der Waals surface area (Å²) in [5, 5.41) is 12.2. The van der Waals surface area contributed by atoms with Crippen molar-refractivity contribution in [3.63, 3.8) is 0 Å². The van der Waals surface area contributed by atoms with Gasteiger partial charge in [-0.2, -0.15) is 0 Å². The number of amides is 2. The zero-order valence-electron chi connectivity index (χ0n) is 26.5. The predicted molar refractivity (Wildman–Crippen MR) is 186 cm³/mol. The van der Waals surface area contributed by atoms with Crippen LogP contribution in [-0.4, -0.2) is 57.1 Å². The normalized spacial score (nSPS) is 13.9. The lowest BCUT2D eigenvalue weighted by atomic mass is 10.1. The van der Waals surface area contributed by atoms with Crippen LogP contribution in [0, 0.1) is 0 Å². The number of ether oxygens (including phenoxy) is 2. The Bertz CT molecular complexity index is 1890. The second kappa shape index (κ2) is 16.4. The zero-order valence-corrected chi connectivity index (χ0v) is 28.1. The molecule has 1 atom stereocenters. The number of anilines is 2. The van der Waals surface area contributed by atoms with Crippen LogP contribution in [0.4, 0.5) is 11.4 Å². The number of nitrogens with zero attached hydrogens (tertiary/aromatic N) is 1. The highest BCUT2D eigenvalue weighted by molar-refractivity contribution is 7.90. The summed E-state index contributed by atoms with van der Waals surface area (Å²) in [6.45, 7) is 0.719. The fraction of sp³-hybridized carbons (Fsp3) is 0.250. The Morgan fingerprint density at radius 3 is 2.41 bits per heavy atom. The van der Waals surface area contributed by atoms with Crippen molar-refractivity contribution in [2.24, 2.45) is 0 Å². The number of sulfonamides is 1. The Morgan fingerprint density at radius 2 is 1.67 bits per heavy atom. The number of para-hydroxylation sites is 1. The van der Waals surface area contributed by atoms with Crippen molar-refractivity contribution in [3.05, 3.63) is 113 Å². The molecule has 0 spiro atoms. The van der Waals surface area contributed by atoms with Gasteiger partial charge in [-0.25, -0.2) is 13.1 Å². The number of carbonyl (C=O) groups excluding carboxylic acids is 2. The van der Waals surface area contributed by atoms with E-state index in [0.29, 0.717) is 23.6 Å². The number of hydrogen-bond acceptors (Lipinski definition) is 8. The van der Waals surface area contributed by atoms with E-state index in [1.54, 1.807) is 47.4 Å². The third-order valence-corrected chi connectivity index (χ3v) is 9.35. The van der Waals surface area contributed by atoms with E-state index in [2.05, 4.69) is 17.4 Å². The van der Waals surface area contributed by atoms with Crippen LogP contribution >= 0.6 is 11.6 Å². The van der Waals surface area contributed by atoms with Crippen LogP contribution < -0.4 is 24.4 Å². The summed E-state index contributed by atoms with van der Waals surface area (Å²) < 4.78 is 39.8. The topological polar surface area (TPSA) is 151 Å². The number of carbonyl (C=O) groups is 3. The molecular formula is C36H36ClN3O8S. The molecule has 1 unspecified atom stereocenters. The van der Waals surface area contributed by atoms with Gasteiger partial charge in [0.2, 0.25) is 0 Å². The van der Waals surface area contributed by atoms with Crippen LogP contribution in [0.5, 0.6) is 11.5 Å². The molecule has 1 aliphatic rings. The molecule has 0 aromatic heterocycles. The number of carboxylic acids is 1. The lowest BCUT2D eigenvalue weighted by molar-refractivity contribution is -0.137. The van der Waals surface area contributed by atoms with Crippen molar-refractivity contribution in [2.45, 2.75) is 43.1 Å². The van der Waals surface area contributed by atoms with Crippen molar-refractivity contribution in [1.29, 1.82) is 0 Å². The minimum atomic E-state index is -4.28. The number of aryl methyl sites for hydroxylation is 1. The third kappa shape index (κ3) is 9.74. The van der Waals surface area contributed by atoms with Crippen LogP contribution in [0.3, 0.4) is 0 Å². The Kier molecular flexibility index (Phi) is 11.8. The molecule has 11 nitrogen and oxygen atoms in total. The highest BCUT2D eigenvalue weighted by Gasteiger charge is 2.35. The Hall–Kier alpha value is -5.07. The Labute approximate surface area is 289 Å². The molecule has 5 rings (SSSR count). The molecule has 0 radical (unpaired) electrons. The number of carboxylic acid groups (broad SMARTS) is 1. The number of rotatable bonds is 15. The second-order valence-corrected chi connectivity index (χ2v) is 13.5. The summed E-state index contributed by atoms with van der Waals surface area (Å²) in [6.07, 6.45) is 1.68. The summed E-state index contributed by atoms with van der Waals surface area (Å²) in [7, 11) is -4.28. The summed E-state index contributed by atoms with van der Waals surface area (Å²) >= 11 is 5.95. The first kappa shape index (κ1) is 35.2. The standard InChI is InChI=1S/C36H36ClN3O8S/c37-27-12-6-13-29(23-27)49(45,46)39-36(44)32-24-40(21-8-16-33(41)42)31-15-7-14-30(34(31)48-32)38-35(43)26-17-19-28(20-18-26)47-22-5-4-11-25-9-2-1-3-10-25/h1-3,6-7,9-10,12-15,17-20,23,32H,4-5,8,11,16,21-22,24H2,(H,38,43)(H,39,44)(H,41,42). The molecule has 1 aliphatic heterocycles. The molecule has 0 aliphatic carbocycles. The maximum Gasteiger partial charge on any atom is 0.303 e. The first-order valence-corrected chi connectivity index (χ1v) is 17.6. The van der Waals surface area contributed by atoms with Gasteiger partial charge in [-0.3, -0.25) is 14.4 Å². The molecule has 0 saturated heterocycles. The van der Waals surface area contributed by atoms with Crippen molar-refractivity contribution in [2.75, 3.05) is 29.9 Å². The van der Waals surface area contributed by atoms with Crippen LogP contribution in [0.15, 0.2) is 102 Å². The number of fused-ring (bicyclic) bond motifs is 1. The highest BCUT2D eigenvalue weighted by atomic mass is 35.5. The van der Waals surface area contributed by atoms with Crippen LogP contribution in [0.25, 0.3) is 0 Å². The molecule has 0 bridgehead atoms. The van der Waals surface area contributed by atoms with Crippen molar-refractivity contribution >= 4 is 50.8 Å². The number of hydrogen-bond donors (Lipinski definition) is 3. The number of halogens is 1. The second-order valence-electron chi connectivity index (χ2n) is 11.4. The van der Waals surface area contributed by atoms with Crippen LogP contribution in [-0.2, 0) is 26.0 Å². The Morgan fingerprint density at radius 1 is 0.918 bits per heavy atom. The lowest BCUT2D eigenvalue weighted by Crippen LogP contribution is -2.50. The summed E-state index contributed by atoms with van der Waals surface area (Å²) in [5.74, 6) is -1.58. The molecule has 4 aromatic rings. The van der Waals surface area contributed by atoms with E-state index in [9.17, 15) is 22.8 Å². The molecule has 49 heavy (non-hydrogen) atoms. The molecule has 13 heteroatoms. The lowest BCUT2D eigenvalue weighted by Gasteiger charge is -2.36. The first-order chi connectivity index (χ1) is 23.6. The van der Waals surface area contributed by atoms with Gasteiger partial charge >= 0.3 is 5.97 Å². The number of nitrogens with one attached hydrogen (secondary N) is 2. The summed E-state index contributed by atoms with van der Waals surface area (Å²) in [6, 6.07) is 27.4. The van der Waals surface area contributed by atoms with Gasteiger partial charge in [0.25, 0.3) is 21.8 Å². The third-order valence-electron chi connectivity index (χ3n) is 7.77. The van der Waals surface area contributed by atoms with E-state index in [1.807, 2.05) is 22.9 Å². The SMILES string of the molecule is O=C(O)CCCN1CC(C(=O)NS(=O)(=O)c2cccc(Cl)c2)Oc2c(NC(=O)c3ccc(OCCCCc4ccccc4)cc3)cccc21. The average Bonchev–Trinajstić information content (AvgIpc) is 3.08. The van der Waals surface area contributed by atoms with Crippen LogP contribution in [0.2, 0.25) is 5.02 Å². The largest absolute Gasteiger partial charge is 0.494 e. The molecule has 4 aromatic carbocycles. The van der Waals surface area contributed by atoms with Gasteiger partial charge in [0, 0.05) is 23.6 Å². The fourth-order valence-electron chi connectivity index (χ4n) is 5.30. The quantitative estimate of drug-likeness (QED) is 0.128. The number of unbranched alkanes of at least 4 members (excludes halogenated alkanes) is 1. The van der Waals surface area contributed by atoms with E-state index < -0.39 is 33.9 Å². The molecule has 1 heterocycles. The van der Waals surface area contributed by atoms with Gasteiger partial charge < -0.3 is 24.8 Å². The summed E-state index contributed by atoms with van der Waals surface area (Å²) in [4.78, 5) is 39.3. The monoisotopic (exact) mass is 705 g/mol. The Balaban J connectivity index is 1.26. The number of aliphatic carboxylic acids is 1. The van der Waals surface area contributed by atoms with Crippen molar-refractivity contribution in [1.82, 2.24) is 4.72 Å². The van der Waals surface area contributed by atoms with Gasteiger partial charge in [0.05, 0.1) is 29.4 Å². The predicted octanol–water partition coefficient (Wildman–Crippen LogP) is 5.93. The average molecular weight is 706 g/mol. The van der Waals surface area contributed by atoms with Crippen LogP contribution in [0.1, 0.15) is 41.6 Å². The molecule has 2 amide bonds. The van der Waals surface area contributed by atoms with Gasteiger partial charge in [-0.1, -0.05) is 54.1 Å². The van der Waals surface area contributed by atoms with E-state index >= 15 is 0 Å². The molecule has 0 saturated carbocycles. The maximum atomic E-state index is 13.3. The van der Waals surface area contributed by atoms with Gasteiger partial charge in [-0.15, -0.1) is 0 Å². The molecular weight excluding hydrogens is 670 g/mol.